The van der Waals surface area contributed by atoms with Gasteiger partial charge in [-0.25, -0.2) is 0 Å². The van der Waals surface area contributed by atoms with Gasteiger partial charge in [0.2, 0.25) is 0 Å². The first-order valence-corrected chi connectivity index (χ1v) is 6.34. The van der Waals surface area contributed by atoms with Gasteiger partial charge in [0.05, 0.1) is 5.52 Å². The lowest BCUT2D eigenvalue weighted by atomic mass is 9.93. The molecule has 1 aliphatic carbocycles. The zero-order valence-corrected chi connectivity index (χ0v) is 10.4. The van der Waals surface area contributed by atoms with E-state index in [0.29, 0.717) is 0 Å². The molecule has 3 nitrogen and oxygen atoms in total. The van der Waals surface area contributed by atoms with Crippen molar-refractivity contribution in [2.45, 2.75) is 32.6 Å². The van der Waals surface area contributed by atoms with Crippen molar-refractivity contribution in [1.82, 2.24) is 4.98 Å². The molecule has 18 heavy (non-hydrogen) atoms. The molecular weight excluding hydrogens is 226 g/mol. The summed E-state index contributed by atoms with van der Waals surface area (Å²) in [5.41, 5.74) is 3.13. The van der Waals surface area contributed by atoms with E-state index in [1.165, 1.54) is 6.92 Å². The van der Waals surface area contributed by atoms with Crippen LogP contribution in [0.5, 0.6) is 5.75 Å². The van der Waals surface area contributed by atoms with E-state index in [9.17, 15) is 4.79 Å². The number of esters is 1. The highest BCUT2D eigenvalue weighted by Gasteiger charge is 2.19. The van der Waals surface area contributed by atoms with Crippen LogP contribution in [0.3, 0.4) is 0 Å². The number of hydrogen-bond acceptors (Lipinski definition) is 3. The molecule has 0 N–H and O–H groups in total. The molecule has 0 radical (unpaired) electrons. The van der Waals surface area contributed by atoms with Gasteiger partial charge in [-0.15, -0.1) is 0 Å². The summed E-state index contributed by atoms with van der Waals surface area (Å²) in [6, 6.07) is 7.85. The van der Waals surface area contributed by atoms with Crippen LogP contribution in [0.1, 0.15) is 31.0 Å². The Kier molecular flexibility index (Phi) is 2.74. The highest BCUT2D eigenvalue weighted by molar-refractivity contribution is 5.89. The molecule has 0 amide bonds. The van der Waals surface area contributed by atoms with Gasteiger partial charge in [-0.1, -0.05) is 12.1 Å². The van der Waals surface area contributed by atoms with Crippen molar-refractivity contribution in [2.24, 2.45) is 0 Å². The highest BCUT2D eigenvalue weighted by atomic mass is 16.5. The quantitative estimate of drug-likeness (QED) is 0.720. The minimum absolute atomic E-state index is 0.265. The molecule has 3 heteroatoms. The Balaban J connectivity index is 2.28. The second-order valence-corrected chi connectivity index (χ2v) is 4.68. The van der Waals surface area contributed by atoms with Gasteiger partial charge < -0.3 is 4.74 Å². The van der Waals surface area contributed by atoms with Crippen LogP contribution in [-0.2, 0) is 17.6 Å². The third kappa shape index (κ3) is 1.86. The van der Waals surface area contributed by atoms with Crippen molar-refractivity contribution in [1.29, 1.82) is 0 Å². The van der Waals surface area contributed by atoms with E-state index in [1.54, 1.807) is 0 Å². The summed E-state index contributed by atoms with van der Waals surface area (Å²) in [5, 5.41) is 0.938. The Morgan fingerprint density at radius 3 is 2.83 bits per heavy atom. The summed E-state index contributed by atoms with van der Waals surface area (Å²) in [6.07, 6.45) is 4.24. The van der Waals surface area contributed by atoms with Gasteiger partial charge in [0.15, 0.2) is 0 Å². The topological polar surface area (TPSA) is 39.2 Å². The fourth-order valence-electron chi connectivity index (χ4n) is 2.59. The number of carbonyl (C=O) groups excluding carboxylic acids is 1. The lowest BCUT2D eigenvalue weighted by molar-refractivity contribution is -0.131. The van der Waals surface area contributed by atoms with E-state index < -0.39 is 0 Å². The Morgan fingerprint density at radius 1 is 1.22 bits per heavy atom. The maximum absolute atomic E-state index is 11.3. The van der Waals surface area contributed by atoms with Crippen LogP contribution in [0.25, 0.3) is 10.9 Å². The molecule has 0 fully saturated rings. The molecular formula is C15H15NO2. The largest absolute Gasteiger partial charge is 0.426 e. The molecule has 1 aromatic heterocycles. The smallest absolute Gasteiger partial charge is 0.308 e. The molecule has 1 aliphatic rings. The van der Waals surface area contributed by atoms with Crippen molar-refractivity contribution in [3.63, 3.8) is 0 Å². The summed E-state index contributed by atoms with van der Waals surface area (Å²) in [4.78, 5) is 16.0. The van der Waals surface area contributed by atoms with E-state index in [0.717, 1.165) is 53.6 Å². The van der Waals surface area contributed by atoms with Gasteiger partial charge in [-0.3, -0.25) is 9.78 Å². The number of para-hydroxylation sites is 1. The summed E-state index contributed by atoms with van der Waals surface area (Å²) < 4.78 is 5.45. The van der Waals surface area contributed by atoms with E-state index in [-0.39, 0.29) is 5.97 Å². The van der Waals surface area contributed by atoms with Crippen LogP contribution in [0.2, 0.25) is 0 Å². The Bertz CT molecular complexity index is 619. The van der Waals surface area contributed by atoms with E-state index in [1.807, 2.05) is 24.3 Å². The number of fused-ring (bicyclic) bond motifs is 2. The van der Waals surface area contributed by atoms with Crippen molar-refractivity contribution < 1.29 is 9.53 Å². The van der Waals surface area contributed by atoms with Crippen LogP contribution in [0, 0.1) is 0 Å². The number of aromatic nitrogens is 1. The van der Waals surface area contributed by atoms with Crippen LogP contribution < -0.4 is 4.74 Å². The van der Waals surface area contributed by atoms with Crippen LogP contribution in [-0.4, -0.2) is 11.0 Å². The summed E-state index contributed by atoms with van der Waals surface area (Å²) in [5.74, 6) is 0.460. The molecule has 0 saturated heterocycles. The summed E-state index contributed by atoms with van der Waals surface area (Å²) in [6.45, 7) is 1.45. The molecule has 0 atom stereocenters. The zero-order chi connectivity index (χ0) is 12.5. The van der Waals surface area contributed by atoms with E-state index in [2.05, 4.69) is 0 Å². The van der Waals surface area contributed by atoms with Gasteiger partial charge in [-0.2, -0.15) is 0 Å². The van der Waals surface area contributed by atoms with Crippen molar-refractivity contribution in [3.8, 4) is 5.75 Å². The van der Waals surface area contributed by atoms with Crippen molar-refractivity contribution in [2.75, 3.05) is 0 Å². The molecule has 1 aromatic carbocycles. The molecule has 0 unspecified atom stereocenters. The van der Waals surface area contributed by atoms with Crippen molar-refractivity contribution in [3.05, 3.63) is 35.5 Å². The average Bonchev–Trinajstić information content (AvgIpc) is 2.38. The molecule has 0 aliphatic heterocycles. The van der Waals surface area contributed by atoms with Gasteiger partial charge in [0, 0.05) is 23.6 Å². The number of aryl methyl sites for hydroxylation is 1. The van der Waals surface area contributed by atoms with Crippen LogP contribution >= 0.6 is 0 Å². The van der Waals surface area contributed by atoms with Crippen LogP contribution in [0.4, 0.5) is 0 Å². The number of ether oxygens (including phenoxy) is 1. The molecule has 1 heterocycles. The molecule has 0 spiro atoms. The first-order valence-electron chi connectivity index (χ1n) is 6.34. The maximum atomic E-state index is 11.3. The fourth-order valence-corrected chi connectivity index (χ4v) is 2.59. The standard InChI is InChI=1S/C15H15NO2/c1-10(17)18-15-11-6-2-4-8-13(11)16-14-9-5-3-7-12(14)15/h2,4,6,8H,3,5,7,9H2,1H3. The first kappa shape index (κ1) is 11.2. The summed E-state index contributed by atoms with van der Waals surface area (Å²) in [7, 11) is 0. The van der Waals surface area contributed by atoms with E-state index >= 15 is 0 Å². The molecule has 2 aromatic rings. The highest BCUT2D eigenvalue weighted by Crippen LogP contribution is 2.35. The van der Waals surface area contributed by atoms with Crippen molar-refractivity contribution >= 4 is 16.9 Å². The number of rotatable bonds is 1. The third-order valence-corrected chi connectivity index (χ3v) is 3.36. The maximum Gasteiger partial charge on any atom is 0.308 e. The predicted octanol–water partition coefficient (Wildman–Crippen LogP) is 3.04. The van der Waals surface area contributed by atoms with Gasteiger partial charge in [0.1, 0.15) is 5.75 Å². The minimum atomic E-state index is -0.265. The zero-order valence-electron chi connectivity index (χ0n) is 10.4. The Labute approximate surface area is 106 Å². The SMILES string of the molecule is CC(=O)Oc1c2c(nc3ccccc13)CCCC2. The predicted molar refractivity (Wildman–Crippen MR) is 69.7 cm³/mol. The normalized spacial score (nSPS) is 14.3. The minimum Gasteiger partial charge on any atom is -0.426 e. The number of nitrogens with zero attached hydrogens (tertiary/aromatic N) is 1. The second kappa shape index (κ2) is 4.41. The third-order valence-electron chi connectivity index (χ3n) is 3.36. The lowest BCUT2D eigenvalue weighted by Gasteiger charge is -2.19. The molecule has 3 rings (SSSR count). The fraction of sp³-hybridized carbons (Fsp3) is 0.333. The van der Waals surface area contributed by atoms with E-state index in [4.69, 9.17) is 9.72 Å². The van der Waals surface area contributed by atoms with Gasteiger partial charge in [-0.05, 0) is 37.8 Å². The monoisotopic (exact) mass is 241 g/mol. The van der Waals surface area contributed by atoms with Gasteiger partial charge >= 0.3 is 5.97 Å². The molecule has 0 bridgehead atoms. The Morgan fingerprint density at radius 2 is 2.00 bits per heavy atom. The molecule has 0 saturated carbocycles. The number of pyridine rings is 1. The molecule has 92 valence electrons. The number of benzene rings is 1. The Hall–Kier alpha value is -1.90. The van der Waals surface area contributed by atoms with Gasteiger partial charge in [0.25, 0.3) is 0 Å². The number of carbonyl (C=O) groups is 1. The first-order chi connectivity index (χ1) is 8.75. The lowest BCUT2D eigenvalue weighted by Crippen LogP contribution is -2.11. The second-order valence-electron chi connectivity index (χ2n) is 4.68. The van der Waals surface area contributed by atoms with Crippen LogP contribution in [0.15, 0.2) is 24.3 Å². The summed E-state index contributed by atoms with van der Waals surface area (Å²) >= 11 is 0. The number of hydrogen-bond donors (Lipinski definition) is 0. The average molecular weight is 241 g/mol.